The van der Waals surface area contributed by atoms with E-state index in [0.29, 0.717) is 25.1 Å². The first-order valence-corrected chi connectivity index (χ1v) is 11.1. The van der Waals surface area contributed by atoms with Crippen LogP contribution in [0.4, 0.5) is 0 Å². The van der Waals surface area contributed by atoms with Crippen LogP contribution in [-0.4, -0.2) is 86.3 Å². The predicted molar refractivity (Wildman–Crippen MR) is 123 cm³/mol. The maximum Gasteiger partial charge on any atom is 0.326 e. The van der Waals surface area contributed by atoms with E-state index >= 15 is 0 Å². The van der Waals surface area contributed by atoms with Gasteiger partial charge < -0.3 is 42.6 Å². The Balaban J connectivity index is 2.80. The number of H-pyrrole nitrogens is 1. The van der Waals surface area contributed by atoms with E-state index in [1.807, 2.05) is 0 Å². The molecule has 0 bridgehead atoms. The Morgan fingerprint density at radius 1 is 1.00 bits per heavy atom. The van der Waals surface area contributed by atoms with Crippen LogP contribution in [0.1, 0.15) is 31.4 Å². The van der Waals surface area contributed by atoms with Gasteiger partial charge in [0.05, 0.1) is 18.8 Å². The lowest BCUT2D eigenvalue weighted by molar-refractivity contribution is -0.143. The Labute approximate surface area is 201 Å². The molecule has 190 valence electrons. The first-order chi connectivity index (χ1) is 16.1. The molecule has 0 aliphatic heterocycles. The molecule has 1 aromatic heterocycles. The number of hydrogen-bond donors (Lipinski definition) is 9. The fraction of sp³-hybridized carbons (Fsp3) is 0.579. The third-order valence-electron chi connectivity index (χ3n) is 4.72. The molecule has 0 aliphatic rings. The van der Waals surface area contributed by atoms with Crippen LogP contribution in [0, 0.1) is 0 Å². The lowest BCUT2D eigenvalue weighted by Crippen LogP contribution is -2.58. The topological polar surface area (TPSA) is 243 Å². The minimum atomic E-state index is -1.58. The number of aromatic amines is 1. The van der Waals surface area contributed by atoms with Crippen molar-refractivity contribution in [1.29, 1.82) is 0 Å². The minimum Gasteiger partial charge on any atom is -0.481 e. The van der Waals surface area contributed by atoms with Crippen molar-refractivity contribution in [2.24, 2.45) is 11.5 Å². The summed E-state index contributed by atoms with van der Waals surface area (Å²) in [6, 6.07) is -5.11. The molecule has 0 saturated carbocycles. The second-order valence-corrected chi connectivity index (χ2v) is 7.84. The number of unbranched alkanes of at least 4 members (excludes halogenated alkanes) is 1. The minimum absolute atomic E-state index is 0.0789. The maximum absolute atomic E-state index is 12.6. The van der Waals surface area contributed by atoms with Crippen LogP contribution in [0.2, 0.25) is 0 Å². The average Bonchev–Trinajstić information content (AvgIpc) is 3.28. The number of carbonyl (C=O) groups excluding carboxylic acids is 3. The second kappa shape index (κ2) is 14.9. The standard InChI is InChI=1S/C19H31N7O7S/c20-4-2-1-3-12(19(32)33)24-17(30)13(6-15(27)28)25-18(31)14(8-34)26-16(29)11(21)5-10-7-22-9-23-10/h7,9,11-14,34H,1-6,8,20-21H2,(H,22,23)(H,24,30)(H,25,31)(H,26,29)(H,27,28)(H,32,33). The zero-order valence-corrected chi connectivity index (χ0v) is 19.3. The summed E-state index contributed by atoms with van der Waals surface area (Å²) >= 11 is 4.02. The molecule has 0 radical (unpaired) electrons. The molecule has 0 spiro atoms. The van der Waals surface area contributed by atoms with E-state index in [2.05, 4.69) is 38.5 Å². The van der Waals surface area contributed by atoms with Crippen molar-refractivity contribution in [3.05, 3.63) is 18.2 Å². The number of hydrogen-bond acceptors (Lipinski definition) is 9. The number of imidazole rings is 1. The molecule has 34 heavy (non-hydrogen) atoms. The average molecular weight is 502 g/mol. The van der Waals surface area contributed by atoms with Crippen LogP contribution in [0.25, 0.3) is 0 Å². The molecule has 4 atom stereocenters. The molecule has 1 rings (SSSR count). The Morgan fingerprint density at radius 3 is 2.15 bits per heavy atom. The zero-order chi connectivity index (χ0) is 25.7. The van der Waals surface area contributed by atoms with Gasteiger partial charge in [-0.15, -0.1) is 0 Å². The molecule has 10 N–H and O–H groups in total. The molecule has 3 amide bonds. The molecule has 15 heteroatoms. The summed E-state index contributed by atoms with van der Waals surface area (Å²) in [5.74, 6) is -5.42. The lowest BCUT2D eigenvalue weighted by Gasteiger charge is -2.23. The van der Waals surface area contributed by atoms with Gasteiger partial charge in [0.15, 0.2) is 0 Å². The number of nitrogens with one attached hydrogen (secondary N) is 4. The number of nitrogens with two attached hydrogens (primary N) is 2. The Kier molecular flexibility index (Phi) is 12.6. The van der Waals surface area contributed by atoms with Gasteiger partial charge in [0.25, 0.3) is 0 Å². The molecular weight excluding hydrogens is 470 g/mol. The predicted octanol–water partition coefficient (Wildman–Crippen LogP) is -2.65. The van der Waals surface area contributed by atoms with Crippen molar-refractivity contribution in [3.63, 3.8) is 0 Å². The number of carboxylic acids is 2. The smallest absolute Gasteiger partial charge is 0.326 e. The summed E-state index contributed by atoms with van der Waals surface area (Å²) in [5.41, 5.74) is 11.8. The number of amides is 3. The third kappa shape index (κ3) is 10.2. The van der Waals surface area contributed by atoms with Gasteiger partial charge in [-0.25, -0.2) is 9.78 Å². The van der Waals surface area contributed by atoms with Gasteiger partial charge >= 0.3 is 11.9 Å². The van der Waals surface area contributed by atoms with Crippen LogP contribution in [0.3, 0.4) is 0 Å². The number of carboxylic acid groups (broad SMARTS) is 2. The van der Waals surface area contributed by atoms with Crippen molar-refractivity contribution >= 4 is 42.3 Å². The normalized spacial score (nSPS) is 14.3. The number of nitrogens with zero attached hydrogens (tertiary/aromatic N) is 1. The Hall–Kier alpha value is -3.17. The van der Waals surface area contributed by atoms with Crippen molar-refractivity contribution in [2.75, 3.05) is 12.3 Å². The molecule has 0 aromatic carbocycles. The lowest BCUT2D eigenvalue weighted by atomic mass is 10.1. The molecular formula is C19H31N7O7S. The molecule has 1 heterocycles. The summed E-state index contributed by atoms with van der Waals surface area (Å²) in [4.78, 5) is 66.8. The largest absolute Gasteiger partial charge is 0.481 e. The van der Waals surface area contributed by atoms with Crippen LogP contribution < -0.4 is 27.4 Å². The molecule has 4 unspecified atom stereocenters. The van der Waals surface area contributed by atoms with Crippen LogP contribution in [-0.2, 0) is 30.4 Å². The Morgan fingerprint density at radius 2 is 1.62 bits per heavy atom. The van der Waals surface area contributed by atoms with Crippen LogP contribution in [0.5, 0.6) is 0 Å². The number of thiol groups is 1. The molecule has 14 nitrogen and oxygen atoms in total. The second-order valence-electron chi connectivity index (χ2n) is 7.47. The highest BCUT2D eigenvalue weighted by Crippen LogP contribution is 2.04. The van der Waals surface area contributed by atoms with Gasteiger partial charge in [0.2, 0.25) is 17.7 Å². The maximum atomic E-state index is 12.6. The molecule has 0 fully saturated rings. The number of aromatic nitrogens is 2. The Bertz CT molecular complexity index is 837. The van der Waals surface area contributed by atoms with E-state index in [1.165, 1.54) is 12.5 Å². The van der Waals surface area contributed by atoms with Crippen molar-refractivity contribution in [2.45, 2.75) is 56.3 Å². The van der Waals surface area contributed by atoms with E-state index in [0.717, 1.165) is 0 Å². The van der Waals surface area contributed by atoms with Crippen molar-refractivity contribution < 1.29 is 34.2 Å². The molecule has 0 saturated heterocycles. The van der Waals surface area contributed by atoms with Crippen molar-refractivity contribution in [3.8, 4) is 0 Å². The number of rotatable bonds is 16. The van der Waals surface area contributed by atoms with Gasteiger partial charge in [0.1, 0.15) is 18.1 Å². The van der Waals surface area contributed by atoms with E-state index in [9.17, 15) is 29.1 Å². The SMILES string of the molecule is NCCCCC(NC(=O)C(CC(=O)O)NC(=O)C(CS)NC(=O)C(N)Cc1cnc[nH]1)C(=O)O. The summed E-state index contributed by atoms with van der Waals surface area (Å²) in [7, 11) is 0. The van der Waals surface area contributed by atoms with Gasteiger partial charge in [0, 0.05) is 24.1 Å². The van der Waals surface area contributed by atoms with E-state index in [4.69, 9.17) is 16.6 Å². The highest BCUT2D eigenvalue weighted by Gasteiger charge is 2.31. The van der Waals surface area contributed by atoms with E-state index in [1.54, 1.807) is 0 Å². The van der Waals surface area contributed by atoms with Gasteiger partial charge in [-0.05, 0) is 25.8 Å². The third-order valence-corrected chi connectivity index (χ3v) is 5.09. The van der Waals surface area contributed by atoms with Gasteiger partial charge in [-0.1, -0.05) is 0 Å². The van der Waals surface area contributed by atoms with Crippen molar-refractivity contribution in [1.82, 2.24) is 25.9 Å². The first-order valence-electron chi connectivity index (χ1n) is 10.5. The summed E-state index contributed by atoms with van der Waals surface area (Å²) in [6.07, 6.45) is 3.28. The zero-order valence-electron chi connectivity index (χ0n) is 18.4. The first kappa shape index (κ1) is 28.9. The molecule has 0 aliphatic carbocycles. The fourth-order valence-corrected chi connectivity index (χ4v) is 3.13. The number of aliphatic carboxylic acids is 2. The number of carbonyl (C=O) groups is 5. The fourth-order valence-electron chi connectivity index (χ4n) is 2.88. The molecule has 1 aromatic rings. The highest BCUT2D eigenvalue weighted by molar-refractivity contribution is 7.80. The van der Waals surface area contributed by atoms with E-state index < -0.39 is 60.2 Å². The monoisotopic (exact) mass is 501 g/mol. The van der Waals surface area contributed by atoms with Gasteiger partial charge in [-0.3, -0.25) is 19.2 Å². The van der Waals surface area contributed by atoms with Crippen LogP contribution in [0.15, 0.2) is 12.5 Å². The van der Waals surface area contributed by atoms with E-state index in [-0.39, 0.29) is 18.6 Å². The highest BCUT2D eigenvalue weighted by atomic mass is 32.1. The summed E-state index contributed by atoms with van der Waals surface area (Å²) in [6.45, 7) is 0.348. The van der Waals surface area contributed by atoms with Gasteiger partial charge in [-0.2, -0.15) is 12.6 Å². The quantitative estimate of drug-likeness (QED) is 0.0841. The van der Waals surface area contributed by atoms with Crippen LogP contribution >= 0.6 is 12.6 Å². The summed E-state index contributed by atoms with van der Waals surface area (Å²) in [5, 5.41) is 25.3. The summed E-state index contributed by atoms with van der Waals surface area (Å²) < 4.78 is 0.